The summed E-state index contributed by atoms with van der Waals surface area (Å²) in [6.45, 7) is 2.52. The molecule has 2 N–H and O–H groups in total. The van der Waals surface area contributed by atoms with Gasteiger partial charge in [0.25, 0.3) is 0 Å². The Kier molecular flexibility index (Phi) is 5.09. The van der Waals surface area contributed by atoms with Crippen LogP contribution in [0, 0.1) is 6.92 Å². The fraction of sp³-hybridized carbons (Fsp3) is 0.667. The summed E-state index contributed by atoms with van der Waals surface area (Å²) < 4.78 is 50.4. The molecule has 1 saturated heterocycles. The van der Waals surface area contributed by atoms with Crippen molar-refractivity contribution in [3.05, 3.63) is 16.5 Å². The minimum absolute atomic E-state index is 0.0503. The van der Waals surface area contributed by atoms with Crippen molar-refractivity contribution >= 4 is 31.2 Å². The van der Waals surface area contributed by atoms with E-state index in [1.54, 1.807) is 6.07 Å². The smallest absolute Gasteiger partial charge is 0.250 e. The van der Waals surface area contributed by atoms with Crippen LogP contribution in [-0.2, 0) is 26.4 Å². The van der Waals surface area contributed by atoms with Crippen molar-refractivity contribution in [3.63, 3.8) is 0 Å². The van der Waals surface area contributed by atoms with Gasteiger partial charge in [-0.15, -0.1) is 11.3 Å². The Bertz CT molecular complexity index is 693. The molecule has 1 aliphatic rings. The SMILES string of the molecule is CNCc1sc(S(=O)(=O)NC2CCS(=O)(=O)CC2)cc1C. The summed E-state index contributed by atoms with van der Waals surface area (Å²) in [5, 5.41) is 3.01. The lowest BCUT2D eigenvalue weighted by Crippen LogP contribution is -2.40. The zero-order valence-corrected chi connectivity index (χ0v) is 14.5. The number of nitrogens with one attached hydrogen (secondary N) is 2. The van der Waals surface area contributed by atoms with E-state index in [0.29, 0.717) is 23.6 Å². The largest absolute Gasteiger partial charge is 0.315 e. The molecule has 0 saturated carbocycles. The van der Waals surface area contributed by atoms with Gasteiger partial charge in [-0.25, -0.2) is 21.6 Å². The van der Waals surface area contributed by atoms with Gasteiger partial charge in [0.05, 0.1) is 11.5 Å². The van der Waals surface area contributed by atoms with Crippen LogP contribution in [-0.4, -0.2) is 41.4 Å². The highest BCUT2D eigenvalue weighted by atomic mass is 32.2. The topological polar surface area (TPSA) is 92.3 Å². The molecule has 9 heteroatoms. The molecular weight excluding hydrogens is 332 g/mol. The first-order valence-corrected chi connectivity index (χ1v) is 10.8. The van der Waals surface area contributed by atoms with E-state index >= 15 is 0 Å². The lowest BCUT2D eigenvalue weighted by Gasteiger charge is -2.22. The Labute approximate surface area is 129 Å². The van der Waals surface area contributed by atoms with Crippen molar-refractivity contribution in [2.75, 3.05) is 18.6 Å². The molecular formula is C12H20N2O4S3. The minimum Gasteiger partial charge on any atom is -0.315 e. The van der Waals surface area contributed by atoms with Crippen molar-refractivity contribution in [3.8, 4) is 0 Å². The standard InChI is InChI=1S/C12H20N2O4S3/c1-9-7-12(19-11(9)8-13-2)21(17,18)14-10-3-5-20(15,16)6-4-10/h7,10,13-14H,3-6,8H2,1-2H3. The lowest BCUT2D eigenvalue weighted by molar-refractivity contribution is 0.506. The van der Waals surface area contributed by atoms with Crippen LogP contribution >= 0.6 is 11.3 Å². The Morgan fingerprint density at radius 1 is 1.33 bits per heavy atom. The summed E-state index contributed by atoms with van der Waals surface area (Å²) in [4.78, 5) is 0.990. The van der Waals surface area contributed by atoms with Crippen LogP contribution in [0.4, 0.5) is 0 Å². The highest BCUT2D eigenvalue weighted by Gasteiger charge is 2.28. The third-order valence-electron chi connectivity index (χ3n) is 3.48. The van der Waals surface area contributed by atoms with Crippen LogP contribution in [0.25, 0.3) is 0 Å². The first kappa shape index (κ1) is 16.9. The maximum absolute atomic E-state index is 12.4. The maximum Gasteiger partial charge on any atom is 0.250 e. The van der Waals surface area contributed by atoms with Crippen LogP contribution < -0.4 is 10.0 Å². The third-order valence-corrected chi connectivity index (χ3v) is 8.42. The number of hydrogen-bond acceptors (Lipinski definition) is 6. The Morgan fingerprint density at radius 2 is 1.95 bits per heavy atom. The highest BCUT2D eigenvalue weighted by molar-refractivity contribution is 7.92. The van der Waals surface area contributed by atoms with Gasteiger partial charge in [-0.1, -0.05) is 0 Å². The predicted octanol–water partition coefficient (Wildman–Crippen LogP) is 0.631. The van der Waals surface area contributed by atoms with Gasteiger partial charge < -0.3 is 5.32 Å². The van der Waals surface area contributed by atoms with Gasteiger partial charge in [-0.2, -0.15) is 0 Å². The van der Waals surface area contributed by atoms with Gasteiger partial charge in [0, 0.05) is 17.5 Å². The Hall–Kier alpha value is -0.480. The molecule has 0 unspecified atom stereocenters. The number of aryl methyl sites for hydroxylation is 1. The van der Waals surface area contributed by atoms with Gasteiger partial charge in [0.15, 0.2) is 0 Å². The van der Waals surface area contributed by atoms with Gasteiger partial charge in [0.2, 0.25) is 10.0 Å². The molecule has 0 aliphatic carbocycles. The molecule has 0 spiro atoms. The van der Waals surface area contributed by atoms with E-state index in [0.717, 1.165) is 10.4 Å². The van der Waals surface area contributed by atoms with Crippen molar-refractivity contribution in [1.82, 2.24) is 10.0 Å². The van der Waals surface area contributed by atoms with Gasteiger partial charge in [0.1, 0.15) is 14.0 Å². The molecule has 21 heavy (non-hydrogen) atoms. The quantitative estimate of drug-likeness (QED) is 0.811. The van der Waals surface area contributed by atoms with Crippen molar-refractivity contribution in [1.29, 1.82) is 0 Å². The number of sulfone groups is 1. The van der Waals surface area contributed by atoms with Crippen LogP contribution in [0.1, 0.15) is 23.3 Å². The minimum atomic E-state index is -3.57. The average molecular weight is 353 g/mol. The van der Waals surface area contributed by atoms with Gasteiger partial charge in [-0.05, 0) is 38.4 Å². The van der Waals surface area contributed by atoms with Crippen LogP contribution in [0.5, 0.6) is 0 Å². The molecule has 120 valence electrons. The molecule has 0 atom stereocenters. The summed E-state index contributed by atoms with van der Waals surface area (Å²) in [6.07, 6.45) is 0.685. The average Bonchev–Trinajstić information content (AvgIpc) is 2.75. The summed E-state index contributed by atoms with van der Waals surface area (Å²) in [5.74, 6) is 0.101. The molecule has 0 amide bonds. The molecule has 0 radical (unpaired) electrons. The van der Waals surface area contributed by atoms with E-state index in [2.05, 4.69) is 10.0 Å². The fourth-order valence-electron chi connectivity index (χ4n) is 2.24. The monoisotopic (exact) mass is 352 g/mol. The second-order valence-electron chi connectivity index (χ2n) is 5.25. The molecule has 0 aromatic carbocycles. The van der Waals surface area contributed by atoms with Gasteiger partial charge in [-0.3, -0.25) is 0 Å². The van der Waals surface area contributed by atoms with Crippen molar-refractivity contribution < 1.29 is 16.8 Å². The van der Waals surface area contributed by atoms with Crippen molar-refractivity contribution in [2.24, 2.45) is 0 Å². The molecule has 0 bridgehead atoms. The summed E-state index contributed by atoms with van der Waals surface area (Å²) in [5.41, 5.74) is 0.945. The molecule has 2 rings (SSSR count). The third kappa shape index (κ3) is 4.26. The maximum atomic E-state index is 12.4. The van der Waals surface area contributed by atoms with E-state index in [1.165, 1.54) is 11.3 Å². The molecule has 1 fully saturated rings. The van der Waals surface area contributed by atoms with E-state index in [9.17, 15) is 16.8 Å². The molecule has 1 aromatic rings. The molecule has 6 nitrogen and oxygen atoms in total. The van der Waals surface area contributed by atoms with Crippen LogP contribution in [0.3, 0.4) is 0 Å². The van der Waals surface area contributed by atoms with Crippen LogP contribution in [0.15, 0.2) is 10.3 Å². The fourth-order valence-corrected chi connectivity index (χ4v) is 6.66. The first-order chi connectivity index (χ1) is 9.73. The summed E-state index contributed by atoms with van der Waals surface area (Å²) >= 11 is 1.25. The predicted molar refractivity (Wildman–Crippen MR) is 83.8 cm³/mol. The van der Waals surface area contributed by atoms with E-state index < -0.39 is 19.9 Å². The zero-order valence-electron chi connectivity index (χ0n) is 12.0. The van der Waals surface area contributed by atoms with E-state index in [1.807, 2.05) is 14.0 Å². The molecule has 2 heterocycles. The normalized spacial score (nSPS) is 19.7. The second kappa shape index (κ2) is 6.33. The second-order valence-corrected chi connectivity index (χ2v) is 10.6. The van der Waals surface area contributed by atoms with E-state index in [4.69, 9.17) is 0 Å². The number of hydrogen-bond donors (Lipinski definition) is 2. The summed E-state index contributed by atoms with van der Waals surface area (Å²) in [6, 6.07) is 1.37. The van der Waals surface area contributed by atoms with E-state index in [-0.39, 0.29) is 17.5 Å². The number of thiophene rings is 1. The summed E-state index contributed by atoms with van der Waals surface area (Å²) in [7, 11) is -4.74. The Balaban J connectivity index is 2.10. The molecule has 1 aliphatic heterocycles. The number of rotatable bonds is 5. The highest BCUT2D eigenvalue weighted by Crippen LogP contribution is 2.26. The molecule has 1 aromatic heterocycles. The zero-order chi connectivity index (χ0) is 15.7. The Morgan fingerprint density at radius 3 is 2.52 bits per heavy atom. The van der Waals surface area contributed by atoms with Crippen molar-refractivity contribution in [2.45, 2.75) is 36.6 Å². The first-order valence-electron chi connectivity index (χ1n) is 6.70. The van der Waals surface area contributed by atoms with Gasteiger partial charge >= 0.3 is 0 Å². The number of sulfonamides is 1. The lowest BCUT2D eigenvalue weighted by atomic mass is 10.2. The van der Waals surface area contributed by atoms with Crippen LogP contribution in [0.2, 0.25) is 0 Å².